The largest absolute Gasteiger partial charge is 0.248 e. The molecule has 0 aliphatic rings. The molecule has 0 amide bonds. The van der Waals surface area contributed by atoms with Crippen LogP contribution in [0.1, 0.15) is 0 Å². The van der Waals surface area contributed by atoms with Crippen LogP contribution in [-0.4, -0.2) is 4.98 Å². The quantitative estimate of drug-likeness (QED) is 0.452. The van der Waals surface area contributed by atoms with E-state index in [2.05, 4.69) is 4.98 Å². The summed E-state index contributed by atoms with van der Waals surface area (Å²) in [6.07, 6.45) is 0. The molecule has 0 saturated carbocycles. The number of hydrogen-bond donors (Lipinski definition) is 0. The number of aromatic nitrogens is 1. The smallest absolute Gasteiger partial charge is 0.126 e. The minimum absolute atomic E-state index is 0.426. The van der Waals surface area contributed by atoms with E-state index in [0.29, 0.717) is 11.3 Å². The molecule has 1 nitrogen and oxygen atoms in total. The van der Waals surface area contributed by atoms with Crippen LogP contribution in [0.25, 0.3) is 33.3 Å². The number of rotatable bonds is 2. The van der Waals surface area contributed by atoms with Crippen LogP contribution in [0.5, 0.6) is 0 Å². The Morgan fingerprint density at radius 1 is 0.625 bits per heavy atom. The highest BCUT2D eigenvalue weighted by Crippen LogP contribution is 2.32. The Kier molecular flexibility index (Phi) is 3.54. The molecule has 1 aromatic heterocycles. The molecular weight excluding hydrogens is 304 g/mol. The van der Waals surface area contributed by atoms with Crippen molar-refractivity contribution in [1.29, 1.82) is 0 Å². The predicted octanol–water partition coefficient (Wildman–Crippen LogP) is 5.85. The summed E-state index contributed by atoms with van der Waals surface area (Å²) in [5.74, 6) is -1.22. The zero-order chi connectivity index (χ0) is 16.5. The van der Waals surface area contributed by atoms with Crippen LogP contribution in [0.4, 0.5) is 8.78 Å². The van der Waals surface area contributed by atoms with E-state index in [1.807, 2.05) is 60.7 Å². The van der Waals surface area contributed by atoms with Crippen LogP contribution in [0, 0.1) is 11.6 Å². The molecule has 0 fully saturated rings. The van der Waals surface area contributed by atoms with E-state index in [4.69, 9.17) is 0 Å². The summed E-state index contributed by atoms with van der Waals surface area (Å²) in [6, 6.07) is 23.0. The molecule has 0 unspecified atom stereocenters. The lowest BCUT2D eigenvalue weighted by Crippen LogP contribution is -1.91. The van der Waals surface area contributed by atoms with Gasteiger partial charge in [-0.3, -0.25) is 0 Å². The Morgan fingerprint density at radius 2 is 1.29 bits per heavy atom. The first-order valence-electron chi connectivity index (χ1n) is 7.62. The Labute approximate surface area is 138 Å². The van der Waals surface area contributed by atoms with Crippen molar-refractivity contribution in [3.63, 3.8) is 0 Å². The SMILES string of the molecule is Fc1cc(F)cc(-c2cc(-c3ccccc3)c3ccccc3n2)c1. The molecule has 116 valence electrons. The van der Waals surface area contributed by atoms with Crippen molar-refractivity contribution in [3.05, 3.63) is 90.5 Å². The first kappa shape index (κ1) is 14.5. The monoisotopic (exact) mass is 317 g/mol. The number of nitrogens with zero attached hydrogens (tertiary/aromatic N) is 1. The van der Waals surface area contributed by atoms with Gasteiger partial charge in [0.05, 0.1) is 11.2 Å². The van der Waals surface area contributed by atoms with E-state index in [-0.39, 0.29) is 0 Å². The van der Waals surface area contributed by atoms with Crippen molar-refractivity contribution in [2.45, 2.75) is 0 Å². The Balaban J connectivity index is 2.01. The number of para-hydroxylation sites is 1. The van der Waals surface area contributed by atoms with Crippen LogP contribution < -0.4 is 0 Å². The summed E-state index contributed by atoms with van der Waals surface area (Å²) >= 11 is 0. The number of halogens is 2. The summed E-state index contributed by atoms with van der Waals surface area (Å²) < 4.78 is 27.2. The molecule has 0 radical (unpaired) electrons. The minimum atomic E-state index is -0.610. The lowest BCUT2D eigenvalue weighted by molar-refractivity contribution is 0.584. The maximum atomic E-state index is 13.6. The molecule has 0 saturated heterocycles. The first-order chi connectivity index (χ1) is 11.7. The zero-order valence-electron chi connectivity index (χ0n) is 12.7. The fourth-order valence-electron chi connectivity index (χ4n) is 2.88. The van der Waals surface area contributed by atoms with Crippen molar-refractivity contribution in [1.82, 2.24) is 4.98 Å². The average molecular weight is 317 g/mol. The van der Waals surface area contributed by atoms with Gasteiger partial charge in [-0.05, 0) is 35.4 Å². The van der Waals surface area contributed by atoms with Crippen LogP contribution in [-0.2, 0) is 0 Å². The summed E-state index contributed by atoms with van der Waals surface area (Å²) in [5, 5.41) is 1.00. The number of pyridine rings is 1. The lowest BCUT2D eigenvalue weighted by Gasteiger charge is -2.10. The summed E-state index contributed by atoms with van der Waals surface area (Å²) in [5.41, 5.74) is 3.79. The molecule has 0 bridgehead atoms. The van der Waals surface area contributed by atoms with Crippen molar-refractivity contribution < 1.29 is 8.78 Å². The highest BCUT2D eigenvalue weighted by atomic mass is 19.1. The summed E-state index contributed by atoms with van der Waals surface area (Å²) in [4.78, 5) is 4.58. The predicted molar refractivity (Wildman–Crippen MR) is 92.5 cm³/mol. The summed E-state index contributed by atoms with van der Waals surface area (Å²) in [7, 11) is 0. The van der Waals surface area contributed by atoms with Gasteiger partial charge in [-0.1, -0.05) is 48.5 Å². The molecule has 0 spiro atoms. The van der Waals surface area contributed by atoms with E-state index in [9.17, 15) is 8.78 Å². The molecule has 24 heavy (non-hydrogen) atoms. The second-order valence-corrected chi connectivity index (χ2v) is 5.60. The average Bonchev–Trinajstić information content (AvgIpc) is 2.61. The normalized spacial score (nSPS) is 10.9. The van der Waals surface area contributed by atoms with Gasteiger partial charge in [-0.2, -0.15) is 0 Å². The van der Waals surface area contributed by atoms with Crippen LogP contribution >= 0.6 is 0 Å². The van der Waals surface area contributed by atoms with Gasteiger partial charge in [0.2, 0.25) is 0 Å². The first-order valence-corrected chi connectivity index (χ1v) is 7.62. The summed E-state index contributed by atoms with van der Waals surface area (Å²) in [6.45, 7) is 0. The fourth-order valence-corrected chi connectivity index (χ4v) is 2.88. The molecule has 0 atom stereocenters. The van der Waals surface area contributed by atoms with Crippen molar-refractivity contribution in [3.8, 4) is 22.4 Å². The highest BCUT2D eigenvalue weighted by molar-refractivity contribution is 5.96. The Morgan fingerprint density at radius 3 is 2.04 bits per heavy atom. The Hall–Kier alpha value is -3.07. The van der Waals surface area contributed by atoms with Crippen molar-refractivity contribution >= 4 is 10.9 Å². The van der Waals surface area contributed by atoms with Gasteiger partial charge in [-0.15, -0.1) is 0 Å². The maximum absolute atomic E-state index is 13.6. The van der Waals surface area contributed by atoms with Crippen LogP contribution in [0.2, 0.25) is 0 Å². The molecule has 0 aliphatic heterocycles. The third kappa shape index (κ3) is 2.65. The molecule has 4 aromatic rings. The topological polar surface area (TPSA) is 12.9 Å². The van der Waals surface area contributed by atoms with Crippen molar-refractivity contribution in [2.75, 3.05) is 0 Å². The van der Waals surface area contributed by atoms with Gasteiger partial charge >= 0.3 is 0 Å². The van der Waals surface area contributed by atoms with Gasteiger partial charge in [0.15, 0.2) is 0 Å². The second kappa shape index (κ2) is 5.85. The molecule has 3 aromatic carbocycles. The third-order valence-corrected chi connectivity index (χ3v) is 3.96. The molecule has 1 heterocycles. The minimum Gasteiger partial charge on any atom is -0.248 e. The molecule has 3 heteroatoms. The van der Waals surface area contributed by atoms with E-state index in [1.54, 1.807) is 0 Å². The third-order valence-electron chi connectivity index (χ3n) is 3.96. The van der Waals surface area contributed by atoms with Gasteiger partial charge in [-0.25, -0.2) is 13.8 Å². The van der Waals surface area contributed by atoms with Crippen molar-refractivity contribution in [2.24, 2.45) is 0 Å². The highest BCUT2D eigenvalue weighted by Gasteiger charge is 2.10. The zero-order valence-corrected chi connectivity index (χ0v) is 12.7. The van der Waals surface area contributed by atoms with Gasteiger partial charge in [0.25, 0.3) is 0 Å². The number of hydrogen-bond acceptors (Lipinski definition) is 1. The fraction of sp³-hybridized carbons (Fsp3) is 0. The number of benzene rings is 3. The van der Waals surface area contributed by atoms with E-state index >= 15 is 0 Å². The van der Waals surface area contributed by atoms with Crippen LogP contribution in [0.3, 0.4) is 0 Å². The molecular formula is C21H13F2N. The van der Waals surface area contributed by atoms with E-state index < -0.39 is 11.6 Å². The van der Waals surface area contributed by atoms with Gasteiger partial charge in [0.1, 0.15) is 11.6 Å². The molecule has 4 rings (SSSR count). The molecule has 0 aliphatic carbocycles. The second-order valence-electron chi connectivity index (χ2n) is 5.60. The van der Waals surface area contributed by atoms with Crippen LogP contribution in [0.15, 0.2) is 78.9 Å². The van der Waals surface area contributed by atoms with E-state index in [0.717, 1.165) is 28.1 Å². The maximum Gasteiger partial charge on any atom is 0.126 e. The lowest BCUT2D eigenvalue weighted by atomic mass is 9.98. The van der Waals surface area contributed by atoms with Gasteiger partial charge < -0.3 is 0 Å². The van der Waals surface area contributed by atoms with E-state index in [1.165, 1.54) is 12.1 Å². The number of fused-ring (bicyclic) bond motifs is 1. The molecule has 0 N–H and O–H groups in total. The van der Waals surface area contributed by atoms with Gasteiger partial charge in [0, 0.05) is 17.0 Å². The standard InChI is InChI=1S/C21H13F2N/c22-16-10-15(11-17(23)12-16)21-13-19(14-6-2-1-3-7-14)18-8-4-5-9-20(18)24-21/h1-13H. The Bertz CT molecular complexity index is 1010.